The standard InChI is InChI=1S/C5H3BrN2O2/c6-5(2-7)1-3(9)8-4(5)10/h1H2,(H,8,9,10). The molecule has 0 bridgehead atoms. The van der Waals surface area contributed by atoms with Crippen molar-refractivity contribution < 1.29 is 9.59 Å². The Balaban J connectivity index is 2.94. The highest BCUT2D eigenvalue weighted by molar-refractivity contribution is 9.10. The fourth-order valence-corrected chi connectivity index (χ4v) is 1.02. The number of halogens is 1. The third-order valence-electron chi connectivity index (χ3n) is 1.19. The molecule has 5 heteroatoms. The van der Waals surface area contributed by atoms with Crippen LogP contribution in [0.25, 0.3) is 0 Å². The number of carbonyl (C=O) groups is 2. The molecular weight excluding hydrogens is 200 g/mol. The maximum absolute atomic E-state index is 10.7. The molecule has 0 aromatic heterocycles. The fraction of sp³-hybridized carbons (Fsp3) is 0.400. The number of imide groups is 1. The van der Waals surface area contributed by atoms with Gasteiger partial charge in [-0.1, -0.05) is 15.9 Å². The number of nitrogens with zero attached hydrogens (tertiary/aromatic N) is 1. The molecule has 0 aliphatic carbocycles. The van der Waals surface area contributed by atoms with Gasteiger partial charge in [0.25, 0.3) is 5.91 Å². The molecular formula is C5H3BrN2O2. The lowest BCUT2D eigenvalue weighted by molar-refractivity contribution is -0.125. The molecule has 1 aliphatic rings. The van der Waals surface area contributed by atoms with Crippen LogP contribution in [0.3, 0.4) is 0 Å². The molecule has 0 aromatic rings. The van der Waals surface area contributed by atoms with Gasteiger partial charge in [0.05, 0.1) is 12.5 Å². The van der Waals surface area contributed by atoms with Crippen LogP contribution in [0.1, 0.15) is 6.42 Å². The molecule has 1 heterocycles. The van der Waals surface area contributed by atoms with Crippen LogP contribution in [0.5, 0.6) is 0 Å². The molecule has 1 atom stereocenters. The SMILES string of the molecule is N#CC1(Br)CC(=O)NC1=O. The van der Waals surface area contributed by atoms with Crippen molar-refractivity contribution in [3.8, 4) is 6.07 Å². The van der Waals surface area contributed by atoms with Crippen molar-refractivity contribution in [1.29, 1.82) is 5.26 Å². The van der Waals surface area contributed by atoms with Gasteiger partial charge in [0.1, 0.15) is 0 Å². The average Bonchev–Trinajstić information content (AvgIpc) is 2.09. The number of hydrogen-bond donors (Lipinski definition) is 1. The van der Waals surface area contributed by atoms with E-state index in [-0.39, 0.29) is 6.42 Å². The molecule has 0 aromatic carbocycles. The number of amides is 2. The molecule has 52 valence electrons. The van der Waals surface area contributed by atoms with E-state index >= 15 is 0 Å². The highest BCUT2D eigenvalue weighted by atomic mass is 79.9. The Morgan fingerprint density at radius 1 is 1.70 bits per heavy atom. The highest BCUT2D eigenvalue weighted by Gasteiger charge is 2.44. The Labute approximate surface area is 65.3 Å². The number of nitriles is 1. The molecule has 1 fully saturated rings. The van der Waals surface area contributed by atoms with Crippen LogP contribution in [0, 0.1) is 11.3 Å². The summed E-state index contributed by atoms with van der Waals surface area (Å²) in [6, 6.07) is 1.70. The lowest BCUT2D eigenvalue weighted by Gasteiger charge is -2.02. The van der Waals surface area contributed by atoms with Gasteiger partial charge < -0.3 is 0 Å². The largest absolute Gasteiger partial charge is 0.294 e. The Morgan fingerprint density at radius 2 is 2.30 bits per heavy atom. The van der Waals surface area contributed by atoms with Gasteiger partial charge in [-0.2, -0.15) is 5.26 Å². The van der Waals surface area contributed by atoms with Gasteiger partial charge in [-0.25, -0.2) is 0 Å². The van der Waals surface area contributed by atoms with Gasteiger partial charge in [0.2, 0.25) is 5.91 Å². The third kappa shape index (κ3) is 0.907. The summed E-state index contributed by atoms with van der Waals surface area (Å²) in [5.41, 5.74) is 0. The summed E-state index contributed by atoms with van der Waals surface area (Å²) in [6.45, 7) is 0. The molecule has 4 nitrogen and oxygen atoms in total. The van der Waals surface area contributed by atoms with Crippen molar-refractivity contribution in [3.05, 3.63) is 0 Å². The van der Waals surface area contributed by atoms with Gasteiger partial charge >= 0.3 is 0 Å². The summed E-state index contributed by atoms with van der Waals surface area (Å²) in [5, 5.41) is 10.4. The smallest absolute Gasteiger partial charge is 0.258 e. The summed E-state index contributed by atoms with van der Waals surface area (Å²) < 4.78 is -1.32. The van der Waals surface area contributed by atoms with Crippen molar-refractivity contribution in [3.63, 3.8) is 0 Å². The molecule has 1 saturated heterocycles. The maximum Gasteiger partial charge on any atom is 0.258 e. The zero-order chi connectivity index (χ0) is 7.78. The van der Waals surface area contributed by atoms with Gasteiger partial charge in [-0.15, -0.1) is 0 Å². The van der Waals surface area contributed by atoms with Gasteiger partial charge in [0.15, 0.2) is 4.32 Å². The molecule has 1 aliphatic heterocycles. The first-order chi connectivity index (χ1) is 4.58. The van der Waals surface area contributed by atoms with E-state index < -0.39 is 16.1 Å². The van der Waals surface area contributed by atoms with E-state index in [9.17, 15) is 9.59 Å². The van der Waals surface area contributed by atoms with Crippen LogP contribution in [0.2, 0.25) is 0 Å². The molecule has 1 rings (SSSR count). The van der Waals surface area contributed by atoms with E-state index in [1.807, 2.05) is 5.32 Å². The van der Waals surface area contributed by atoms with Gasteiger partial charge in [-0.3, -0.25) is 14.9 Å². The zero-order valence-electron chi connectivity index (χ0n) is 4.85. The Hall–Kier alpha value is -0.890. The van der Waals surface area contributed by atoms with E-state index in [4.69, 9.17) is 5.26 Å². The third-order valence-corrected chi connectivity index (χ3v) is 2.01. The number of alkyl halides is 1. The van der Waals surface area contributed by atoms with Crippen molar-refractivity contribution in [2.75, 3.05) is 0 Å². The fourth-order valence-electron chi connectivity index (χ4n) is 0.662. The summed E-state index contributed by atoms with van der Waals surface area (Å²) in [4.78, 5) is 21.3. The first-order valence-electron chi connectivity index (χ1n) is 2.53. The Bertz CT molecular complexity index is 245. The monoisotopic (exact) mass is 202 g/mol. The summed E-state index contributed by atoms with van der Waals surface area (Å²) in [7, 11) is 0. The minimum absolute atomic E-state index is 0.0949. The normalized spacial score (nSPS) is 31.6. The number of nitrogens with one attached hydrogen (secondary N) is 1. The molecule has 2 amide bonds. The lowest BCUT2D eigenvalue weighted by Crippen LogP contribution is -2.30. The average molecular weight is 203 g/mol. The second-order valence-electron chi connectivity index (χ2n) is 1.97. The first-order valence-corrected chi connectivity index (χ1v) is 3.32. The summed E-state index contributed by atoms with van der Waals surface area (Å²) >= 11 is 2.86. The first kappa shape index (κ1) is 7.22. The van der Waals surface area contributed by atoms with Crippen LogP contribution in [0.4, 0.5) is 0 Å². The van der Waals surface area contributed by atoms with E-state index in [2.05, 4.69) is 15.9 Å². The molecule has 0 spiro atoms. The molecule has 1 unspecified atom stereocenters. The van der Waals surface area contributed by atoms with E-state index in [0.717, 1.165) is 0 Å². The van der Waals surface area contributed by atoms with Crippen molar-refractivity contribution in [1.82, 2.24) is 5.32 Å². The molecule has 10 heavy (non-hydrogen) atoms. The van der Waals surface area contributed by atoms with E-state index in [0.29, 0.717) is 0 Å². The van der Waals surface area contributed by atoms with Crippen LogP contribution in [-0.2, 0) is 9.59 Å². The van der Waals surface area contributed by atoms with Crippen molar-refractivity contribution >= 4 is 27.7 Å². The minimum atomic E-state index is -1.32. The van der Waals surface area contributed by atoms with Crippen LogP contribution < -0.4 is 5.32 Å². The number of carbonyl (C=O) groups excluding carboxylic acids is 2. The van der Waals surface area contributed by atoms with Gasteiger partial charge in [-0.05, 0) is 0 Å². The van der Waals surface area contributed by atoms with E-state index in [1.54, 1.807) is 6.07 Å². The van der Waals surface area contributed by atoms with E-state index in [1.165, 1.54) is 0 Å². The number of rotatable bonds is 0. The van der Waals surface area contributed by atoms with Crippen molar-refractivity contribution in [2.45, 2.75) is 10.7 Å². The number of hydrogen-bond acceptors (Lipinski definition) is 3. The Kier molecular flexibility index (Phi) is 1.49. The highest BCUT2D eigenvalue weighted by Crippen LogP contribution is 2.25. The second-order valence-corrected chi connectivity index (χ2v) is 3.32. The Morgan fingerprint density at radius 3 is 2.50 bits per heavy atom. The lowest BCUT2D eigenvalue weighted by atomic mass is 10.1. The van der Waals surface area contributed by atoms with Crippen LogP contribution >= 0.6 is 15.9 Å². The molecule has 0 radical (unpaired) electrons. The van der Waals surface area contributed by atoms with Crippen LogP contribution in [-0.4, -0.2) is 16.1 Å². The minimum Gasteiger partial charge on any atom is -0.294 e. The van der Waals surface area contributed by atoms with Crippen molar-refractivity contribution in [2.24, 2.45) is 0 Å². The quantitative estimate of drug-likeness (QED) is 0.433. The molecule has 0 saturated carbocycles. The second kappa shape index (κ2) is 2.06. The summed E-state index contributed by atoms with van der Waals surface area (Å²) in [6.07, 6.45) is -0.0949. The zero-order valence-corrected chi connectivity index (χ0v) is 6.43. The maximum atomic E-state index is 10.7. The summed E-state index contributed by atoms with van der Waals surface area (Å²) in [5.74, 6) is -0.983. The molecule has 1 N–H and O–H groups in total. The predicted molar refractivity (Wildman–Crippen MR) is 35.0 cm³/mol. The van der Waals surface area contributed by atoms with Gasteiger partial charge in [0, 0.05) is 0 Å². The topological polar surface area (TPSA) is 70.0 Å². The van der Waals surface area contributed by atoms with Crippen LogP contribution in [0.15, 0.2) is 0 Å². The predicted octanol–water partition coefficient (Wildman–Crippen LogP) is -0.310.